The highest BCUT2D eigenvalue weighted by molar-refractivity contribution is 5.85. The van der Waals surface area contributed by atoms with E-state index in [9.17, 15) is 9.90 Å². The lowest BCUT2D eigenvalue weighted by Crippen LogP contribution is -2.66. The minimum atomic E-state index is -0.574. The van der Waals surface area contributed by atoms with Crippen LogP contribution in [0.4, 0.5) is 0 Å². The van der Waals surface area contributed by atoms with Crippen LogP contribution in [-0.4, -0.2) is 16.5 Å². The van der Waals surface area contributed by atoms with E-state index in [0.29, 0.717) is 45.2 Å². The summed E-state index contributed by atoms with van der Waals surface area (Å²) in [5, 5.41) is 11.2. The van der Waals surface area contributed by atoms with E-state index in [2.05, 4.69) is 55.4 Å². The van der Waals surface area contributed by atoms with E-state index in [0.717, 1.165) is 24.7 Å². The van der Waals surface area contributed by atoms with Crippen LogP contribution in [0.25, 0.3) is 0 Å². The lowest BCUT2D eigenvalue weighted by molar-refractivity contribution is -0.237. The van der Waals surface area contributed by atoms with E-state index in [1.165, 1.54) is 51.4 Å². The summed E-state index contributed by atoms with van der Waals surface area (Å²) < 4.78 is 0. The van der Waals surface area contributed by atoms with E-state index >= 15 is 0 Å². The highest BCUT2D eigenvalue weighted by Crippen LogP contribution is 2.77. The average Bonchev–Trinajstić information content (AvgIpc) is 3.04. The van der Waals surface area contributed by atoms with Crippen molar-refractivity contribution in [2.45, 2.75) is 125 Å². The van der Waals surface area contributed by atoms with Crippen LogP contribution in [0.15, 0.2) is 0 Å². The van der Waals surface area contributed by atoms with Gasteiger partial charge in [0.2, 0.25) is 0 Å². The maximum atomic E-state index is 12.9. The monoisotopic (exact) mass is 442 g/mol. The summed E-state index contributed by atoms with van der Waals surface area (Å²) in [5.41, 5.74) is 0.687. The third-order valence-corrected chi connectivity index (χ3v) is 13.5. The Balaban J connectivity index is 1.55. The highest BCUT2D eigenvalue weighted by Gasteiger charge is 2.70. The molecule has 5 fully saturated rings. The number of carbonyl (C=O) groups excluding carboxylic acids is 1. The van der Waals surface area contributed by atoms with E-state index in [-0.39, 0.29) is 5.41 Å². The number of ketones is 1. The Kier molecular flexibility index (Phi) is 4.85. The molecule has 0 radical (unpaired) electrons. The van der Waals surface area contributed by atoms with Crippen LogP contribution in [0.5, 0.6) is 0 Å². The summed E-state index contributed by atoms with van der Waals surface area (Å²) in [6.45, 7) is 19.2. The second-order valence-corrected chi connectivity index (χ2v) is 15.3. The van der Waals surface area contributed by atoms with Gasteiger partial charge < -0.3 is 5.11 Å². The van der Waals surface area contributed by atoms with Crippen molar-refractivity contribution in [3.05, 3.63) is 0 Å². The normalized spacial score (nSPS) is 54.9. The van der Waals surface area contributed by atoms with Crippen molar-refractivity contribution in [2.75, 3.05) is 0 Å². The minimum absolute atomic E-state index is 0.158. The third-order valence-electron chi connectivity index (χ3n) is 13.5. The maximum absolute atomic E-state index is 12.9. The standard InChI is InChI=1S/C30H50O2/c1-25(2)21-12-16-30(8)22(28(21,6)15-13-23(25)31)10-9-20-24-19(26(3,4)32)11-14-27(24,5)17-18-29(20,30)7/h19-22,24,32H,9-18H2,1-8H3/t19?,20?,21?,22?,24?,27-,28+,29-,30-/m1/s1. The summed E-state index contributed by atoms with van der Waals surface area (Å²) in [6, 6.07) is 0. The molecule has 5 unspecified atom stereocenters. The SMILES string of the molecule is CC(C)(O)C1CC[C@]2(C)CC[C@]3(C)C(CCC4[C@@]5(C)CCC(=O)C(C)(C)C5CC[C@]43C)C12. The van der Waals surface area contributed by atoms with E-state index < -0.39 is 5.60 Å². The second kappa shape index (κ2) is 6.64. The van der Waals surface area contributed by atoms with Crippen molar-refractivity contribution >= 4 is 5.78 Å². The highest BCUT2D eigenvalue weighted by atomic mass is 16.3. The van der Waals surface area contributed by atoms with Gasteiger partial charge in [-0.1, -0.05) is 41.5 Å². The van der Waals surface area contributed by atoms with Gasteiger partial charge in [-0.15, -0.1) is 0 Å². The summed E-state index contributed by atoms with van der Waals surface area (Å²) in [5.74, 6) is 3.62. The molecule has 0 saturated heterocycles. The number of rotatable bonds is 1. The van der Waals surface area contributed by atoms with Crippen molar-refractivity contribution in [1.29, 1.82) is 0 Å². The number of fused-ring (bicyclic) bond motifs is 7. The Morgan fingerprint density at radius 3 is 2.12 bits per heavy atom. The molecule has 5 rings (SSSR count). The molecular formula is C30H50O2. The summed E-state index contributed by atoms with van der Waals surface area (Å²) in [4.78, 5) is 12.9. The Bertz CT molecular complexity index is 806. The Morgan fingerprint density at radius 1 is 0.781 bits per heavy atom. The topological polar surface area (TPSA) is 37.3 Å². The third kappa shape index (κ3) is 2.71. The first-order valence-corrected chi connectivity index (χ1v) is 13.9. The fourth-order valence-corrected chi connectivity index (χ4v) is 11.5. The van der Waals surface area contributed by atoms with Crippen LogP contribution in [-0.2, 0) is 4.79 Å². The van der Waals surface area contributed by atoms with Crippen LogP contribution < -0.4 is 0 Å². The molecule has 2 nitrogen and oxygen atoms in total. The zero-order chi connectivity index (χ0) is 23.5. The number of Topliss-reactive ketones (excluding diaryl/α,β-unsaturated/α-hetero) is 1. The zero-order valence-corrected chi connectivity index (χ0v) is 22.3. The van der Waals surface area contributed by atoms with E-state index in [1.807, 2.05) is 0 Å². The largest absolute Gasteiger partial charge is 0.390 e. The molecule has 9 atom stereocenters. The average molecular weight is 443 g/mol. The van der Waals surface area contributed by atoms with Gasteiger partial charge >= 0.3 is 0 Å². The first-order valence-electron chi connectivity index (χ1n) is 13.9. The van der Waals surface area contributed by atoms with Gasteiger partial charge in [0.1, 0.15) is 5.78 Å². The summed E-state index contributed by atoms with van der Waals surface area (Å²) in [6.07, 6.45) is 12.3. The molecule has 0 aromatic rings. The molecule has 32 heavy (non-hydrogen) atoms. The second-order valence-electron chi connectivity index (χ2n) is 15.3. The van der Waals surface area contributed by atoms with Gasteiger partial charge in [-0.3, -0.25) is 4.79 Å². The fourth-order valence-electron chi connectivity index (χ4n) is 11.5. The number of hydrogen-bond acceptors (Lipinski definition) is 2. The van der Waals surface area contributed by atoms with Crippen LogP contribution in [0.2, 0.25) is 0 Å². The molecule has 0 spiro atoms. The number of aliphatic hydroxyl groups is 1. The predicted molar refractivity (Wildman–Crippen MR) is 131 cm³/mol. The molecule has 5 aliphatic rings. The van der Waals surface area contributed by atoms with Gasteiger partial charge in [-0.25, -0.2) is 0 Å². The molecule has 5 saturated carbocycles. The molecule has 1 N–H and O–H groups in total. The smallest absolute Gasteiger partial charge is 0.138 e. The Hall–Kier alpha value is -0.370. The quantitative estimate of drug-likeness (QED) is 0.458. The molecule has 0 aromatic carbocycles. The fraction of sp³-hybridized carbons (Fsp3) is 0.967. The van der Waals surface area contributed by atoms with E-state index in [1.54, 1.807) is 0 Å². The van der Waals surface area contributed by atoms with Crippen LogP contribution in [0.3, 0.4) is 0 Å². The van der Waals surface area contributed by atoms with Gasteiger partial charge in [-0.05, 0) is 123 Å². The van der Waals surface area contributed by atoms with Crippen LogP contribution >= 0.6 is 0 Å². The summed E-state index contributed by atoms with van der Waals surface area (Å²) in [7, 11) is 0. The molecule has 182 valence electrons. The molecule has 0 amide bonds. The molecule has 0 heterocycles. The van der Waals surface area contributed by atoms with Crippen molar-refractivity contribution in [3.63, 3.8) is 0 Å². The van der Waals surface area contributed by atoms with Gasteiger partial charge in [0.15, 0.2) is 0 Å². The predicted octanol–water partition coefficient (Wildman–Crippen LogP) is 7.43. The van der Waals surface area contributed by atoms with Crippen LogP contribution in [0, 0.1) is 56.7 Å². The number of hydrogen-bond donors (Lipinski definition) is 1. The van der Waals surface area contributed by atoms with Crippen molar-refractivity contribution in [3.8, 4) is 0 Å². The summed E-state index contributed by atoms with van der Waals surface area (Å²) >= 11 is 0. The van der Waals surface area contributed by atoms with Crippen molar-refractivity contribution in [1.82, 2.24) is 0 Å². The lowest BCUT2D eigenvalue weighted by Gasteiger charge is -2.72. The molecule has 0 aliphatic heterocycles. The van der Waals surface area contributed by atoms with E-state index in [4.69, 9.17) is 0 Å². The molecule has 0 bridgehead atoms. The number of carbonyl (C=O) groups is 1. The molecule has 2 heteroatoms. The zero-order valence-electron chi connectivity index (χ0n) is 22.3. The van der Waals surface area contributed by atoms with Gasteiger partial charge in [0, 0.05) is 11.8 Å². The maximum Gasteiger partial charge on any atom is 0.138 e. The molecular weight excluding hydrogens is 392 g/mol. The van der Waals surface area contributed by atoms with Gasteiger partial charge in [-0.2, -0.15) is 0 Å². The van der Waals surface area contributed by atoms with Gasteiger partial charge in [0.25, 0.3) is 0 Å². The van der Waals surface area contributed by atoms with Crippen molar-refractivity contribution < 1.29 is 9.90 Å². The Labute approximate surface area is 197 Å². The molecule has 0 aromatic heterocycles. The molecule has 5 aliphatic carbocycles. The van der Waals surface area contributed by atoms with Crippen LogP contribution in [0.1, 0.15) is 120 Å². The first-order chi connectivity index (χ1) is 14.6. The minimum Gasteiger partial charge on any atom is -0.390 e. The van der Waals surface area contributed by atoms with Crippen molar-refractivity contribution in [2.24, 2.45) is 56.7 Å². The first kappa shape index (κ1) is 23.4. The Morgan fingerprint density at radius 2 is 1.47 bits per heavy atom. The van der Waals surface area contributed by atoms with Gasteiger partial charge in [0.05, 0.1) is 5.60 Å². The lowest BCUT2D eigenvalue weighted by atomic mass is 9.32.